The highest BCUT2D eigenvalue weighted by atomic mass is 16.5. The average molecular weight is 333 g/mol. The van der Waals surface area contributed by atoms with Gasteiger partial charge in [-0.3, -0.25) is 9.59 Å². The molecule has 1 aromatic rings. The summed E-state index contributed by atoms with van der Waals surface area (Å²) in [5.74, 6) is 0.507. The topological polar surface area (TPSA) is 84.7 Å². The summed E-state index contributed by atoms with van der Waals surface area (Å²) in [6.07, 6.45) is 0.924. The molecule has 132 valence electrons. The molecule has 2 amide bonds. The molecule has 1 aromatic carbocycles. The summed E-state index contributed by atoms with van der Waals surface area (Å²) in [5, 5.41) is 2.88. The highest BCUT2D eigenvalue weighted by Crippen LogP contribution is 2.20. The molecule has 0 aromatic heterocycles. The van der Waals surface area contributed by atoms with Gasteiger partial charge in [-0.15, -0.1) is 0 Å². The van der Waals surface area contributed by atoms with Gasteiger partial charge in [-0.2, -0.15) is 0 Å². The number of nitrogens with zero attached hydrogens (tertiary/aromatic N) is 1. The van der Waals surface area contributed by atoms with Crippen molar-refractivity contribution >= 4 is 11.8 Å². The van der Waals surface area contributed by atoms with E-state index in [4.69, 9.17) is 10.5 Å². The van der Waals surface area contributed by atoms with E-state index in [0.29, 0.717) is 36.9 Å². The maximum atomic E-state index is 12.8. The van der Waals surface area contributed by atoms with Crippen molar-refractivity contribution in [2.45, 2.75) is 26.3 Å². The van der Waals surface area contributed by atoms with E-state index in [0.717, 1.165) is 6.42 Å². The Morgan fingerprint density at radius 1 is 1.38 bits per heavy atom. The highest BCUT2D eigenvalue weighted by Gasteiger charge is 2.33. The van der Waals surface area contributed by atoms with Crippen LogP contribution in [0.5, 0.6) is 5.75 Å². The van der Waals surface area contributed by atoms with Crippen molar-refractivity contribution in [2.24, 2.45) is 17.6 Å². The van der Waals surface area contributed by atoms with Crippen molar-refractivity contribution in [3.63, 3.8) is 0 Å². The van der Waals surface area contributed by atoms with Crippen LogP contribution in [0.15, 0.2) is 24.3 Å². The summed E-state index contributed by atoms with van der Waals surface area (Å²) < 4.78 is 5.23. The Balaban J connectivity index is 2.11. The number of carbonyl (C=O) groups is 2. The molecule has 1 heterocycles. The van der Waals surface area contributed by atoms with Crippen LogP contribution in [0.4, 0.5) is 0 Å². The molecular formula is C18H27N3O3. The quantitative estimate of drug-likeness (QED) is 0.821. The second kappa shape index (κ2) is 8.15. The number of carbonyl (C=O) groups excluding carboxylic acids is 2. The summed E-state index contributed by atoms with van der Waals surface area (Å²) in [5.41, 5.74) is 6.13. The lowest BCUT2D eigenvalue weighted by Gasteiger charge is -2.27. The van der Waals surface area contributed by atoms with Crippen molar-refractivity contribution < 1.29 is 14.3 Å². The SMILES string of the molecule is COc1ccccc1C(=O)NC(C(=O)N1CCC(CN)C1)C(C)C. The van der Waals surface area contributed by atoms with E-state index >= 15 is 0 Å². The van der Waals surface area contributed by atoms with E-state index in [2.05, 4.69) is 5.32 Å². The molecule has 0 saturated carbocycles. The number of rotatable bonds is 6. The van der Waals surface area contributed by atoms with Gasteiger partial charge in [-0.05, 0) is 36.9 Å². The van der Waals surface area contributed by atoms with Crippen LogP contribution in [0.25, 0.3) is 0 Å². The molecule has 0 spiro atoms. The van der Waals surface area contributed by atoms with Gasteiger partial charge < -0.3 is 20.7 Å². The van der Waals surface area contributed by atoms with Crippen molar-refractivity contribution in [1.82, 2.24) is 10.2 Å². The molecule has 0 bridgehead atoms. The number of ether oxygens (including phenoxy) is 1. The Morgan fingerprint density at radius 3 is 2.67 bits per heavy atom. The predicted molar refractivity (Wildman–Crippen MR) is 92.8 cm³/mol. The summed E-state index contributed by atoms with van der Waals surface area (Å²) in [7, 11) is 1.52. The summed E-state index contributed by atoms with van der Waals surface area (Å²) >= 11 is 0. The van der Waals surface area contributed by atoms with Gasteiger partial charge in [0.2, 0.25) is 5.91 Å². The fraction of sp³-hybridized carbons (Fsp3) is 0.556. The zero-order valence-corrected chi connectivity index (χ0v) is 14.6. The summed E-state index contributed by atoms with van der Waals surface area (Å²) in [4.78, 5) is 27.2. The van der Waals surface area contributed by atoms with Gasteiger partial charge in [-0.25, -0.2) is 0 Å². The van der Waals surface area contributed by atoms with Gasteiger partial charge in [0.25, 0.3) is 5.91 Å². The van der Waals surface area contributed by atoms with E-state index < -0.39 is 6.04 Å². The lowest BCUT2D eigenvalue weighted by atomic mass is 10.0. The van der Waals surface area contributed by atoms with Crippen LogP contribution in [0.2, 0.25) is 0 Å². The summed E-state index contributed by atoms with van der Waals surface area (Å²) in [6.45, 7) is 5.82. The second-order valence-electron chi connectivity index (χ2n) is 6.57. The molecule has 1 aliphatic heterocycles. The number of methoxy groups -OCH3 is 1. The molecule has 1 aliphatic rings. The molecule has 2 atom stereocenters. The van der Waals surface area contributed by atoms with Crippen LogP contribution in [-0.4, -0.2) is 49.5 Å². The first kappa shape index (κ1) is 18.3. The third-order valence-corrected chi connectivity index (χ3v) is 4.50. The van der Waals surface area contributed by atoms with Gasteiger partial charge in [-0.1, -0.05) is 26.0 Å². The fourth-order valence-corrected chi connectivity index (χ4v) is 2.99. The number of likely N-dealkylation sites (tertiary alicyclic amines) is 1. The van der Waals surface area contributed by atoms with Gasteiger partial charge in [0.05, 0.1) is 12.7 Å². The molecule has 2 rings (SSSR count). The predicted octanol–water partition coefficient (Wildman–Crippen LogP) is 1.26. The molecule has 3 N–H and O–H groups in total. The van der Waals surface area contributed by atoms with Crippen molar-refractivity contribution in [3.05, 3.63) is 29.8 Å². The van der Waals surface area contributed by atoms with Crippen LogP contribution in [0.3, 0.4) is 0 Å². The van der Waals surface area contributed by atoms with Crippen LogP contribution >= 0.6 is 0 Å². The third kappa shape index (κ3) is 4.06. The Kier molecular flexibility index (Phi) is 6.20. The first-order chi connectivity index (χ1) is 11.5. The van der Waals surface area contributed by atoms with Crippen molar-refractivity contribution in [3.8, 4) is 5.75 Å². The molecule has 2 unspecified atom stereocenters. The maximum absolute atomic E-state index is 12.8. The summed E-state index contributed by atoms with van der Waals surface area (Å²) in [6, 6.07) is 6.44. The van der Waals surface area contributed by atoms with Crippen molar-refractivity contribution in [1.29, 1.82) is 0 Å². The molecule has 0 aliphatic carbocycles. The van der Waals surface area contributed by atoms with Gasteiger partial charge in [0, 0.05) is 13.1 Å². The molecule has 1 saturated heterocycles. The van der Waals surface area contributed by atoms with E-state index in [1.165, 1.54) is 7.11 Å². The maximum Gasteiger partial charge on any atom is 0.255 e. The van der Waals surface area contributed by atoms with E-state index in [9.17, 15) is 9.59 Å². The minimum Gasteiger partial charge on any atom is -0.496 e. The van der Waals surface area contributed by atoms with Crippen LogP contribution in [0.1, 0.15) is 30.6 Å². The van der Waals surface area contributed by atoms with Crippen LogP contribution < -0.4 is 15.8 Å². The second-order valence-corrected chi connectivity index (χ2v) is 6.57. The Morgan fingerprint density at radius 2 is 2.08 bits per heavy atom. The van der Waals surface area contributed by atoms with Gasteiger partial charge >= 0.3 is 0 Å². The fourth-order valence-electron chi connectivity index (χ4n) is 2.99. The van der Waals surface area contributed by atoms with Crippen LogP contribution in [-0.2, 0) is 4.79 Å². The minimum atomic E-state index is -0.557. The normalized spacial score (nSPS) is 18.5. The lowest BCUT2D eigenvalue weighted by molar-refractivity contribution is -0.133. The number of nitrogens with one attached hydrogen (secondary N) is 1. The molecule has 24 heavy (non-hydrogen) atoms. The molecular weight excluding hydrogens is 306 g/mol. The Hall–Kier alpha value is -2.08. The average Bonchev–Trinajstić information content (AvgIpc) is 3.07. The monoisotopic (exact) mass is 333 g/mol. The number of para-hydroxylation sites is 1. The number of nitrogens with two attached hydrogens (primary N) is 1. The lowest BCUT2D eigenvalue weighted by Crippen LogP contribution is -2.50. The van der Waals surface area contributed by atoms with Gasteiger partial charge in [0.1, 0.15) is 11.8 Å². The number of benzene rings is 1. The number of amides is 2. The smallest absolute Gasteiger partial charge is 0.255 e. The van der Waals surface area contributed by atoms with E-state index in [1.807, 2.05) is 18.7 Å². The highest BCUT2D eigenvalue weighted by molar-refractivity contribution is 5.99. The van der Waals surface area contributed by atoms with Crippen LogP contribution in [0, 0.1) is 11.8 Å². The largest absolute Gasteiger partial charge is 0.496 e. The zero-order chi connectivity index (χ0) is 17.7. The Bertz CT molecular complexity index is 589. The molecule has 1 fully saturated rings. The standard InChI is InChI=1S/C18H27N3O3/c1-12(2)16(18(23)21-9-8-13(10-19)11-21)20-17(22)14-6-4-5-7-15(14)24-3/h4-7,12-13,16H,8-11,19H2,1-3H3,(H,20,22). The zero-order valence-electron chi connectivity index (χ0n) is 14.6. The van der Waals surface area contributed by atoms with E-state index in [1.54, 1.807) is 24.3 Å². The van der Waals surface area contributed by atoms with E-state index in [-0.39, 0.29) is 17.7 Å². The van der Waals surface area contributed by atoms with Crippen molar-refractivity contribution in [2.75, 3.05) is 26.7 Å². The Labute approximate surface area is 143 Å². The first-order valence-electron chi connectivity index (χ1n) is 8.40. The third-order valence-electron chi connectivity index (χ3n) is 4.50. The van der Waals surface area contributed by atoms with Gasteiger partial charge in [0.15, 0.2) is 0 Å². The number of hydrogen-bond acceptors (Lipinski definition) is 4. The first-order valence-corrected chi connectivity index (χ1v) is 8.40. The molecule has 0 radical (unpaired) electrons. The minimum absolute atomic E-state index is 0.00640. The molecule has 6 nitrogen and oxygen atoms in total. The molecule has 6 heteroatoms. The number of hydrogen-bond donors (Lipinski definition) is 2.